The summed E-state index contributed by atoms with van der Waals surface area (Å²) in [6.45, 7) is 8.05. The lowest BCUT2D eigenvalue weighted by molar-refractivity contribution is 0.184. The molecular weight excluding hydrogens is 292 g/mol. The van der Waals surface area contributed by atoms with E-state index in [0.717, 1.165) is 38.3 Å². The summed E-state index contributed by atoms with van der Waals surface area (Å²) < 4.78 is 10.6. The van der Waals surface area contributed by atoms with Crippen LogP contribution in [0.1, 0.15) is 31.1 Å². The van der Waals surface area contributed by atoms with Gasteiger partial charge in [0, 0.05) is 31.9 Å². The summed E-state index contributed by atoms with van der Waals surface area (Å²) in [6, 6.07) is 8.44. The Morgan fingerprint density at radius 3 is 2.57 bits per heavy atom. The van der Waals surface area contributed by atoms with Crippen LogP contribution in [0.4, 0.5) is 5.69 Å². The maximum absolute atomic E-state index is 5.33. The largest absolute Gasteiger partial charge is 0.497 e. The van der Waals surface area contributed by atoms with Gasteiger partial charge in [0.1, 0.15) is 5.75 Å². The Labute approximate surface area is 137 Å². The van der Waals surface area contributed by atoms with Gasteiger partial charge in [0.05, 0.1) is 13.2 Å². The minimum absolute atomic E-state index is 0.159. The first-order valence-corrected chi connectivity index (χ1v) is 8.10. The second-order valence-corrected chi connectivity index (χ2v) is 5.93. The van der Waals surface area contributed by atoms with E-state index in [9.17, 15) is 0 Å². The molecule has 1 aliphatic heterocycles. The molecule has 0 radical (unpaired) electrons. The fourth-order valence-corrected chi connectivity index (χ4v) is 3.01. The summed E-state index contributed by atoms with van der Waals surface area (Å²) in [4.78, 5) is 9.20. The fourth-order valence-electron chi connectivity index (χ4n) is 3.01. The van der Waals surface area contributed by atoms with Gasteiger partial charge >= 0.3 is 0 Å². The molecular formula is C17H24N4O2. The molecule has 0 spiro atoms. The zero-order valence-electron chi connectivity index (χ0n) is 14.0. The zero-order chi connectivity index (χ0) is 16.2. The Kier molecular flexibility index (Phi) is 4.81. The number of benzene rings is 1. The Bertz CT molecular complexity index is 626. The summed E-state index contributed by atoms with van der Waals surface area (Å²) in [5, 5.41) is 3.90. The topological polar surface area (TPSA) is 54.6 Å². The molecule has 3 rings (SSSR count). The Morgan fingerprint density at radius 2 is 1.91 bits per heavy atom. The van der Waals surface area contributed by atoms with Crippen molar-refractivity contribution in [2.45, 2.75) is 26.3 Å². The first kappa shape index (κ1) is 15.8. The summed E-state index contributed by atoms with van der Waals surface area (Å²) in [5.74, 6) is 2.30. The molecule has 0 aliphatic carbocycles. The third-order valence-electron chi connectivity index (χ3n) is 4.42. The molecule has 1 aromatic carbocycles. The quantitative estimate of drug-likeness (QED) is 0.864. The van der Waals surface area contributed by atoms with Crippen molar-refractivity contribution in [3.05, 3.63) is 36.0 Å². The highest BCUT2D eigenvalue weighted by Crippen LogP contribution is 2.24. The molecule has 1 atom stereocenters. The molecule has 6 nitrogen and oxygen atoms in total. The number of hydrogen-bond donors (Lipinski definition) is 0. The van der Waals surface area contributed by atoms with E-state index >= 15 is 0 Å². The number of aromatic nitrogens is 2. The summed E-state index contributed by atoms with van der Waals surface area (Å²) in [7, 11) is 1.69. The normalized spacial score (nSPS) is 17.8. The van der Waals surface area contributed by atoms with Crippen molar-refractivity contribution in [1.82, 2.24) is 15.0 Å². The van der Waals surface area contributed by atoms with Crippen LogP contribution in [0.2, 0.25) is 0 Å². The number of hydrogen-bond acceptors (Lipinski definition) is 6. The van der Waals surface area contributed by atoms with Gasteiger partial charge in [0.25, 0.3) is 0 Å². The van der Waals surface area contributed by atoms with Crippen LogP contribution in [0.15, 0.2) is 28.8 Å². The SMILES string of the molecule is COc1ccc(N2CCCN([C@H](C)c3nc(C)no3)CC2)cc1. The molecule has 0 bridgehead atoms. The molecule has 1 aliphatic rings. The van der Waals surface area contributed by atoms with Crippen molar-refractivity contribution < 1.29 is 9.26 Å². The standard InChI is InChI=1S/C17H24N4O2/c1-13(17-18-14(2)19-23-17)20-9-4-10-21(12-11-20)15-5-7-16(22-3)8-6-15/h5-8,13H,4,9-12H2,1-3H3/t13-/m1/s1. The first-order valence-electron chi connectivity index (χ1n) is 8.10. The maximum atomic E-state index is 5.33. The van der Waals surface area contributed by atoms with Gasteiger partial charge in [0.15, 0.2) is 5.82 Å². The van der Waals surface area contributed by atoms with Gasteiger partial charge in [-0.1, -0.05) is 5.16 Å². The van der Waals surface area contributed by atoms with Gasteiger partial charge < -0.3 is 14.2 Å². The second-order valence-electron chi connectivity index (χ2n) is 5.93. The van der Waals surface area contributed by atoms with Crippen molar-refractivity contribution >= 4 is 5.69 Å². The lowest BCUT2D eigenvalue weighted by Gasteiger charge is -2.26. The molecule has 0 N–H and O–H groups in total. The number of nitrogens with zero attached hydrogens (tertiary/aromatic N) is 4. The van der Waals surface area contributed by atoms with Gasteiger partial charge in [-0.25, -0.2) is 0 Å². The van der Waals surface area contributed by atoms with Crippen LogP contribution in [-0.2, 0) is 0 Å². The zero-order valence-corrected chi connectivity index (χ0v) is 14.0. The highest BCUT2D eigenvalue weighted by Gasteiger charge is 2.24. The Morgan fingerprint density at radius 1 is 1.13 bits per heavy atom. The molecule has 2 heterocycles. The highest BCUT2D eigenvalue weighted by molar-refractivity contribution is 5.49. The number of anilines is 1. The molecule has 23 heavy (non-hydrogen) atoms. The van der Waals surface area contributed by atoms with E-state index in [1.54, 1.807) is 7.11 Å². The molecule has 6 heteroatoms. The third kappa shape index (κ3) is 3.64. The van der Waals surface area contributed by atoms with Crippen LogP contribution in [0.5, 0.6) is 5.75 Å². The second kappa shape index (κ2) is 7.00. The van der Waals surface area contributed by atoms with E-state index in [2.05, 4.69) is 39.0 Å². The van der Waals surface area contributed by atoms with Crippen molar-refractivity contribution in [3.8, 4) is 5.75 Å². The Balaban J connectivity index is 1.64. The minimum Gasteiger partial charge on any atom is -0.497 e. The highest BCUT2D eigenvalue weighted by atomic mass is 16.5. The third-order valence-corrected chi connectivity index (χ3v) is 4.42. The number of rotatable bonds is 4. The smallest absolute Gasteiger partial charge is 0.243 e. The summed E-state index contributed by atoms with van der Waals surface area (Å²) in [5.41, 5.74) is 1.24. The molecule has 0 amide bonds. The van der Waals surface area contributed by atoms with E-state index < -0.39 is 0 Å². The van der Waals surface area contributed by atoms with Crippen LogP contribution in [0.3, 0.4) is 0 Å². The van der Waals surface area contributed by atoms with E-state index in [-0.39, 0.29) is 6.04 Å². The minimum atomic E-state index is 0.159. The Hall–Kier alpha value is -2.08. The lowest BCUT2D eigenvalue weighted by Crippen LogP contribution is -2.32. The predicted molar refractivity (Wildman–Crippen MR) is 88.8 cm³/mol. The van der Waals surface area contributed by atoms with Gasteiger partial charge in [-0.2, -0.15) is 4.98 Å². The van der Waals surface area contributed by atoms with Crippen LogP contribution < -0.4 is 9.64 Å². The van der Waals surface area contributed by atoms with Gasteiger partial charge in [-0.3, -0.25) is 4.90 Å². The van der Waals surface area contributed by atoms with Crippen LogP contribution in [0.25, 0.3) is 0 Å². The fraction of sp³-hybridized carbons (Fsp3) is 0.529. The molecule has 0 unspecified atom stereocenters. The average molecular weight is 316 g/mol. The molecule has 0 saturated carbocycles. The van der Waals surface area contributed by atoms with E-state index in [4.69, 9.17) is 9.26 Å². The van der Waals surface area contributed by atoms with Crippen molar-refractivity contribution in [2.24, 2.45) is 0 Å². The first-order chi connectivity index (χ1) is 11.2. The van der Waals surface area contributed by atoms with Crippen molar-refractivity contribution in [1.29, 1.82) is 0 Å². The molecule has 124 valence electrons. The number of ether oxygens (including phenoxy) is 1. The summed E-state index contributed by atoms with van der Waals surface area (Å²) in [6.07, 6.45) is 1.11. The van der Waals surface area contributed by atoms with Crippen molar-refractivity contribution in [3.63, 3.8) is 0 Å². The summed E-state index contributed by atoms with van der Waals surface area (Å²) >= 11 is 0. The number of methoxy groups -OCH3 is 1. The molecule has 1 aromatic heterocycles. The average Bonchev–Trinajstić information content (AvgIpc) is 2.87. The van der Waals surface area contributed by atoms with Crippen molar-refractivity contribution in [2.75, 3.05) is 38.2 Å². The van der Waals surface area contributed by atoms with Gasteiger partial charge in [-0.05, 0) is 44.5 Å². The van der Waals surface area contributed by atoms with Crippen LogP contribution in [0, 0.1) is 6.92 Å². The molecule has 1 saturated heterocycles. The van der Waals surface area contributed by atoms with E-state index in [1.165, 1.54) is 5.69 Å². The molecule has 2 aromatic rings. The monoisotopic (exact) mass is 316 g/mol. The maximum Gasteiger partial charge on any atom is 0.243 e. The van der Waals surface area contributed by atoms with Crippen LogP contribution >= 0.6 is 0 Å². The predicted octanol–water partition coefficient (Wildman–Crippen LogP) is 2.66. The van der Waals surface area contributed by atoms with Gasteiger partial charge in [-0.15, -0.1) is 0 Å². The van der Waals surface area contributed by atoms with E-state index in [0.29, 0.717) is 11.7 Å². The molecule has 1 fully saturated rings. The van der Waals surface area contributed by atoms with Gasteiger partial charge in [0.2, 0.25) is 5.89 Å². The number of aryl methyl sites for hydroxylation is 1. The lowest BCUT2D eigenvalue weighted by atomic mass is 10.2. The van der Waals surface area contributed by atoms with Crippen LogP contribution in [-0.4, -0.2) is 48.3 Å². The van der Waals surface area contributed by atoms with E-state index in [1.807, 2.05) is 19.1 Å².